The van der Waals surface area contributed by atoms with Gasteiger partial charge in [-0.1, -0.05) is 18.2 Å². The number of para-hydroxylation sites is 1. The third-order valence-corrected chi connectivity index (χ3v) is 3.76. The SMILES string of the molecule is CCOC(=O)c1ccc(NCCCOc2cccc3cccnc23)nc1. The molecule has 0 aliphatic carbocycles. The smallest absolute Gasteiger partial charge is 0.339 e. The van der Waals surface area contributed by atoms with Gasteiger partial charge in [-0.15, -0.1) is 0 Å². The topological polar surface area (TPSA) is 73.3 Å². The minimum atomic E-state index is -0.358. The summed E-state index contributed by atoms with van der Waals surface area (Å²) in [5.41, 5.74) is 1.32. The molecule has 3 aromatic rings. The van der Waals surface area contributed by atoms with E-state index in [-0.39, 0.29) is 5.97 Å². The highest BCUT2D eigenvalue weighted by Gasteiger charge is 2.06. The lowest BCUT2D eigenvalue weighted by Crippen LogP contribution is -2.09. The molecular weight excluding hydrogens is 330 g/mol. The number of anilines is 1. The van der Waals surface area contributed by atoms with Crippen molar-refractivity contribution in [3.8, 4) is 5.75 Å². The van der Waals surface area contributed by atoms with Crippen LogP contribution >= 0.6 is 0 Å². The van der Waals surface area contributed by atoms with Gasteiger partial charge < -0.3 is 14.8 Å². The summed E-state index contributed by atoms with van der Waals surface area (Å²) in [6.45, 7) is 3.41. The third-order valence-electron chi connectivity index (χ3n) is 3.76. The number of aromatic nitrogens is 2. The van der Waals surface area contributed by atoms with Gasteiger partial charge in [0.05, 0.1) is 18.8 Å². The van der Waals surface area contributed by atoms with E-state index in [4.69, 9.17) is 9.47 Å². The molecule has 0 atom stereocenters. The quantitative estimate of drug-likeness (QED) is 0.493. The minimum Gasteiger partial charge on any atom is -0.491 e. The van der Waals surface area contributed by atoms with E-state index in [0.29, 0.717) is 31.1 Å². The summed E-state index contributed by atoms with van der Waals surface area (Å²) in [4.78, 5) is 20.2. The number of nitrogens with one attached hydrogen (secondary N) is 1. The Morgan fingerprint density at radius 3 is 2.81 bits per heavy atom. The molecule has 0 saturated heterocycles. The fourth-order valence-corrected chi connectivity index (χ4v) is 2.50. The molecule has 0 saturated carbocycles. The molecule has 0 aliphatic heterocycles. The molecule has 0 radical (unpaired) electrons. The van der Waals surface area contributed by atoms with Crippen LogP contribution in [0.3, 0.4) is 0 Å². The van der Waals surface area contributed by atoms with Crippen molar-refractivity contribution in [3.63, 3.8) is 0 Å². The highest BCUT2D eigenvalue weighted by Crippen LogP contribution is 2.22. The molecule has 26 heavy (non-hydrogen) atoms. The molecule has 1 aromatic carbocycles. The van der Waals surface area contributed by atoms with Gasteiger partial charge in [0, 0.05) is 24.3 Å². The largest absolute Gasteiger partial charge is 0.491 e. The highest BCUT2D eigenvalue weighted by atomic mass is 16.5. The summed E-state index contributed by atoms with van der Waals surface area (Å²) < 4.78 is 10.8. The highest BCUT2D eigenvalue weighted by molar-refractivity contribution is 5.89. The Kier molecular flexibility index (Phi) is 5.98. The fourth-order valence-electron chi connectivity index (χ4n) is 2.50. The first kappa shape index (κ1) is 17.7. The van der Waals surface area contributed by atoms with Crippen LogP contribution in [0, 0.1) is 0 Å². The van der Waals surface area contributed by atoms with E-state index in [1.165, 1.54) is 6.20 Å². The summed E-state index contributed by atoms with van der Waals surface area (Å²) in [6, 6.07) is 13.3. The van der Waals surface area contributed by atoms with E-state index in [0.717, 1.165) is 23.1 Å². The summed E-state index contributed by atoms with van der Waals surface area (Å²) in [6.07, 6.45) is 4.09. The van der Waals surface area contributed by atoms with Gasteiger partial charge in [0.1, 0.15) is 17.1 Å². The molecular formula is C20H21N3O3. The number of hydrogen-bond acceptors (Lipinski definition) is 6. The van der Waals surface area contributed by atoms with E-state index in [9.17, 15) is 4.79 Å². The van der Waals surface area contributed by atoms with Gasteiger partial charge in [-0.3, -0.25) is 4.98 Å². The van der Waals surface area contributed by atoms with E-state index in [1.54, 1.807) is 25.3 Å². The first-order valence-electron chi connectivity index (χ1n) is 8.61. The summed E-state index contributed by atoms with van der Waals surface area (Å²) >= 11 is 0. The summed E-state index contributed by atoms with van der Waals surface area (Å²) in [5, 5.41) is 4.27. The van der Waals surface area contributed by atoms with E-state index < -0.39 is 0 Å². The molecule has 0 unspecified atom stereocenters. The van der Waals surface area contributed by atoms with Gasteiger partial charge >= 0.3 is 5.97 Å². The maximum atomic E-state index is 11.6. The maximum Gasteiger partial charge on any atom is 0.339 e. The van der Waals surface area contributed by atoms with Gasteiger partial charge in [0.2, 0.25) is 0 Å². The molecule has 0 aliphatic rings. The van der Waals surface area contributed by atoms with Crippen molar-refractivity contribution in [1.29, 1.82) is 0 Å². The van der Waals surface area contributed by atoms with Crippen LogP contribution in [0.25, 0.3) is 10.9 Å². The maximum absolute atomic E-state index is 11.6. The van der Waals surface area contributed by atoms with Gasteiger partial charge in [-0.2, -0.15) is 0 Å². The van der Waals surface area contributed by atoms with Gasteiger partial charge in [0.15, 0.2) is 0 Å². The average molecular weight is 351 g/mol. The Balaban J connectivity index is 1.45. The predicted octanol–water partition coefficient (Wildman–Crippen LogP) is 3.69. The Morgan fingerprint density at radius 2 is 2.00 bits per heavy atom. The Bertz CT molecular complexity index is 860. The van der Waals surface area contributed by atoms with Crippen molar-refractivity contribution in [2.24, 2.45) is 0 Å². The molecule has 6 nitrogen and oxygen atoms in total. The monoisotopic (exact) mass is 351 g/mol. The molecule has 0 bridgehead atoms. The molecule has 0 spiro atoms. The summed E-state index contributed by atoms with van der Waals surface area (Å²) in [7, 11) is 0. The Labute approximate surface area is 152 Å². The zero-order valence-corrected chi connectivity index (χ0v) is 14.6. The van der Waals surface area contributed by atoms with Gasteiger partial charge in [-0.25, -0.2) is 9.78 Å². The van der Waals surface area contributed by atoms with Crippen LogP contribution in [0.4, 0.5) is 5.82 Å². The average Bonchev–Trinajstić information content (AvgIpc) is 2.68. The number of rotatable bonds is 8. The minimum absolute atomic E-state index is 0.352. The number of nitrogens with zero attached hydrogens (tertiary/aromatic N) is 2. The Morgan fingerprint density at radius 1 is 1.12 bits per heavy atom. The van der Waals surface area contributed by atoms with Crippen molar-refractivity contribution in [3.05, 3.63) is 60.4 Å². The molecule has 2 heterocycles. The van der Waals surface area contributed by atoms with Gasteiger partial charge in [0.25, 0.3) is 0 Å². The van der Waals surface area contributed by atoms with Crippen LogP contribution in [0.15, 0.2) is 54.9 Å². The number of carbonyl (C=O) groups is 1. The lowest BCUT2D eigenvalue weighted by Gasteiger charge is -2.09. The molecule has 6 heteroatoms. The zero-order chi connectivity index (χ0) is 18.2. The second kappa shape index (κ2) is 8.80. The van der Waals surface area contributed by atoms with Crippen LogP contribution in [-0.2, 0) is 4.74 Å². The van der Waals surface area contributed by atoms with Crippen LogP contribution in [-0.4, -0.2) is 35.7 Å². The lowest BCUT2D eigenvalue weighted by molar-refractivity contribution is 0.0526. The number of pyridine rings is 2. The lowest BCUT2D eigenvalue weighted by atomic mass is 10.2. The number of esters is 1. The first-order valence-corrected chi connectivity index (χ1v) is 8.61. The second-order valence-corrected chi connectivity index (χ2v) is 5.61. The molecule has 0 fully saturated rings. The number of benzene rings is 1. The van der Waals surface area contributed by atoms with Crippen LogP contribution in [0.5, 0.6) is 5.75 Å². The molecule has 0 amide bonds. The van der Waals surface area contributed by atoms with Crippen molar-refractivity contribution in [1.82, 2.24) is 9.97 Å². The molecule has 134 valence electrons. The van der Waals surface area contributed by atoms with Gasteiger partial charge in [-0.05, 0) is 37.6 Å². The number of fused-ring (bicyclic) bond motifs is 1. The van der Waals surface area contributed by atoms with Crippen molar-refractivity contribution in [2.45, 2.75) is 13.3 Å². The normalized spacial score (nSPS) is 10.5. The zero-order valence-electron chi connectivity index (χ0n) is 14.6. The molecule has 3 rings (SSSR count). The van der Waals surface area contributed by atoms with E-state index in [1.807, 2.05) is 30.3 Å². The first-order chi connectivity index (χ1) is 12.8. The van der Waals surface area contributed by atoms with Crippen molar-refractivity contribution >= 4 is 22.7 Å². The molecule has 2 aromatic heterocycles. The number of hydrogen-bond donors (Lipinski definition) is 1. The van der Waals surface area contributed by atoms with E-state index in [2.05, 4.69) is 15.3 Å². The standard InChI is InChI=1S/C20H21N3O3/c1-2-25-20(24)16-9-10-18(23-14-16)21-12-5-13-26-17-8-3-6-15-7-4-11-22-19(15)17/h3-4,6-11,14H,2,5,12-13H2,1H3,(H,21,23). The second-order valence-electron chi connectivity index (χ2n) is 5.61. The molecule has 1 N–H and O–H groups in total. The van der Waals surface area contributed by atoms with Crippen molar-refractivity contribution < 1.29 is 14.3 Å². The van der Waals surface area contributed by atoms with Crippen molar-refractivity contribution in [2.75, 3.05) is 25.1 Å². The number of carbonyl (C=O) groups excluding carboxylic acids is 1. The summed E-state index contributed by atoms with van der Waals surface area (Å²) in [5.74, 6) is 1.15. The Hall–Kier alpha value is -3.15. The van der Waals surface area contributed by atoms with Crippen LogP contribution in [0.2, 0.25) is 0 Å². The predicted molar refractivity (Wildman–Crippen MR) is 101 cm³/mol. The number of ether oxygens (including phenoxy) is 2. The van der Waals surface area contributed by atoms with Crippen LogP contribution in [0.1, 0.15) is 23.7 Å². The fraction of sp³-hybridized carbons (Fsp3) is 0.250. The van der Waals surface area contributed by atoms with Crippen LogP contribution < -0.4 is 10.1 Å². The van der Waals surface area contributed by atoms with E-state index >= 15 is 0 Å². The third kappa shape index (κ3) is 4.47.